The van der Waals surface area contributed by atoms with Gasteiger partial charge in [-0.25, -0.2) is 4.98 Å². The van der Waals surface area contributed by atoms with E-state index < -0.39 is 0 Å². The van der Waals surface area contributed by atoms with Crippen molar-refractivity contribution in [2.75, 3.05) is 20.8 Å². The molecule has 0 radical (unpaired) electrons. The molecule has 1 unspecified atom stereocenters. The number of ether oxygens (including phenoxy) is 2. The van der Waals surface area contributed by atoms with E-state index in [4.69, 9.17) is 21.1 Å². The van der Waals surface area contributed by atoms with Crippen molar-refractivity contribution in [2.45, 2.75) is 25.3 Å². The third-order valence-corrected chi connectivity index (χ3v) is 3.27. The lowest BCUT2D eigenvalue weighted by Crippen LogP contribution is -2.06. The van der Waals surface area contributed by atoms with E-state index in [1.807, 2.05) is 25.1 Å². The molecule has 5 heteroatoms. The van der Waals surface area contributed by atoms with Gasteiger partial charge in [0, 0.05) is 20.3 Å². The van der Waals surface area contributed by atoms with Gasteiger partial charge in [0.25, 0.3) is 0 Å². The molecule has 1 aromatic heterocycles. The fourth-order valence-corrected chi connectivity index (χ4v) is 2.38. The summed E-state index contributed by atoms with van der Waals surface area (Å²) in [6.07, 6.45) is 0.926. The van der Waals surface area contributed by atoms with E-state index in [-0.39, 0.29) is 5.38 Å². The Morgan fingerprint density at radius 3 is 2.79 bits per heavy atom. The van der Waals surface area contributed by atoms with Crippen LogP contribution in [0.15, 0.2) is 18.2 Å². The minimum atomic E-state index is -0.139. The highest BCUT2D eigenvalue weighted by atomic mass is 35.5. The second-order valence-electron chi connectivity index (χ2n) is 4.41. The molecule has 0 amide bonds. The highest BCUT2D eigenvalue weighted by molar-refractivity contribution is 6.20. The van der Waals surface area contributed by atoms with Crippen LogP contribution in [0, 0.1) is 0 Å². The molecule has 0 aliphatic heterocycles. The van der Waals surface area contributed by atoms with E-state index in [1.165, 1.54) is 0 Å². The summed E-state index contributed by atoms with van der Waals surface area (Å²) in [5, 5.41) is -0.139. The van der Waals surface area contributed by atoms with Crippen LogP contribution in [0.2, 0.25) is 0 Å². The lowest BCUT2D eigenvalue weighted by molar-refractivity contribution is 0.190. The maximum absolute atomic E-state index is 6.23. The predicted octanol–water partition coefficient (Wildman–Crippen LogP) is 3.38. The first kappa shape index (κ1) is 14.2. The number of halogens is 1. The summed E-state index contributed by atoms with van der Waals surface area (Å²) in [5.74, 6) is 1.65. The van der Waals surface area contributed by atoms with Gasteiger partial charge in [-0.2, -0.15) is 0 Å². The Kier molecular flexibility index (Phi) is 4.66. The van der Waals surface area contributed by atoms with E-state index >= 15 is 0 Å². The van der Waals surface area contributed by atoms with Crippen molar-refractivity contribution in [2.24, 2.45) is 0 Å². The minimum Gasteiger partial charge on any atom is -0.494 e. The molecule has 1 heterocycles. The number of aromatic nitrogens is 2. The largest absolute Gasteiger partial charge is 0.494 e. The Morgan fingerprint density at radius 1 is 1.37 bits per heavy atom. The third kappa shape index (κ3) is 2.85. The van der Waals surface area contributed by atoms with Crippen LogP contribution in [0.25, 0.3) is 11.0 Å². The zero-order chi connectivity index (χ0) is 13.8. The normalized spacial score (nSPS) is 12.8. The first-order chi connectivity index (χ1) is 9.19. The molecule has 0 bridgehead atoms. The fraction of sp³-hybridized carbons (Fsp3) is 0.500. The van der Waals surface area contributed by atoms with Crippen LogP contribution in [-0.2, 0) is 11.3 Å². The zero-order valence-corrected chi connectivity index (χ0v) is 12.3. The Hall–Kier alpha value is -1.26. The second kappa shape index (κ2) is 6.26. The molecule has 2 aromatic rings. The fourth-order valence-electron chi connectivity index (χ4n) is 2.21. The summed E-state index contributed by atoms with van der Waals surface area (Å²) < 4.78 is 12.6. The smallest absolute Gasteiger partial charge is 0.146 e. The van der Waals surface area contributed by atoms with Gasteiger partial charge < -0.3 is 14.0 Å². The third-order valence-electron chi connectivity index (χ3n) is 3.08. The van der Waals surface area contributed by atoms with Gasteiger partial charge in [0.15, 0.2) is 0 Å². The number of imidazole rings is 1. The number of alkyl halides is 1. The standard InChI is InChI=1S/C14H19ClN2O2/c1-10(15)14-16-13-11(6-4-7-12(13)19-3)17(14)8-5-9-18-2/h4,6-7,10H,5,8-9H2,1-3H3. The van der Waals surface area contributed by atoms with Crippen LogP contribution >= 0.6 is 11.6 Å². The molecule has 0 N–H and O–H groups in total. The first-order valence-electron chi connectivity index (χ1n) is 6.35. The lowest BCUT2D eigenvalue weighted by Gasteiger charge is -2.10. The van der Waals surface area contributed by atoms with Gasteiger partial charge in [-0.05, 0) is 25.5 Å². The van der Waals surface area contributed by atoms with Crippen LogP contribution < -0.4 is 4.74 Å². The molecule has 4 nitrogen and oxygen atoms in total. The van der Waals surface area contributed by atoms with Crippen molar-refractivity contribution < 1.29 is 9.47 Å². The van der Waals surface area contributed by atoms with Crippen molar-refractivity contribution >= 4 is 22.6 Å². The average Bonchev–Trinajstić information content (AvgIpc) is 2.78. The van der Waals surface area contributed by atoms with E-state index in [0.29, 0.717) is 0 Å². The quantitative estimate of drug-likeness (QED) is 0.602. The number of hydrogen-bond acceptors (Lipinski definition) is 3. The van der Waals surface area contributed by atoms with Gasteiger partial charge in [-0.1, -0.05) is 6.07 Å². The summed E-state index contributed by atoms with van der Waals surface area (Å²) in [6, 6.07) is 5.93. The zero-order valence-electron chi connectivity index (χ0n) is 11.5. The Balaban J connectivity index is 2.48. The number of para-hydroxylation sites is 1. The molecular formula is C14H19ClN2O2. The highest BCUT2D eigenvalue weighted by Crippen LogP contribution is 2.30. The number of benzene rings is 1. The maximum atomic E-state index is 6.23. The van der Waals surface area contributed by atoms with E-state index in [9.17, 15) is 0 Å². The number of nitrogens with zero attached hydrogens (tertiary/aromatic N) is 2. The van der Waals surface area contributed by atoms with Crippen molar-refractivity contribution in [1.29, 1.82) is 0 Å². The topological polar surface area (TPSA) is 36.3 Å². The van der Waals surface area contributed by atoms with Gasteiger partial charge in [0.2, 0.25) is 0 Å². The molecule has 0 aliphatic rings. The number of aryl methyl sites for hydroxylation is 1. The molecule has 0 saturated carbocycles. The molecule has 2 rings (SSSR count). The summed E-state index contributed by atoms with van der Waals surface area (Å²) in [7, 11) is 3.36. The van der Waals surface area contributed by atoms with Crippen LogP contribution in [0.3, 0.4) is 0 Å². The molecule has 1 aromatic carbocycles. The van der Waals surface area contributed by atoms with Crippen LogP contribution in [-0.4, -0.2) is 30.4 Å². The molecular weight excluding hydrogens is 264 g/mol. The maximum Gasteiger partial charge on any atom is 0.146 e. The van der Waals surface area contributed by atoms with Gasteiger partial charge in [-0.15, -0.1) is 11.6 Å². The SMILES string of the molecule is COCCCn1c(C(C)Cl)nc2c(OC)cccc21. The number of methoxy groups -OCH3 is 2. The van der Waals surface area contributed by atoms with Crippen LogP contribution in [0.1, 0.15) is 24.5 Å². The van der Waals surface area contributed by atoms with Gasteiger partial charge in [0.1, 0.15) is 17.1 Å². The molecule has 104 valence electrons. The Morgan fingerprint density at radius 2 is 2.16 bits per heavy atom. The Labute approximate surface area is 118 Å². The number of fused-ring (bicyclic) bond motifs is 1. The van der Waals surface area contributed by atoms with Gasteiger partial charge >= 0.3 is 0 Å². The summed E-state index contributed by atoms with van der Waals surface area (Å²) in [6.45, 7) is 3.49. The Bertz CT molecular complexity index is 552. The van der Waals surface area contributed by atoms with Crippen molar-refractivity contribution in [3.8, 4) is 5.75 Å². The molecule has 0 spiro atoms. The second-order valence-corrected chi connectivity index (χ2v) is 5.07. The molecule has 0 aliphatic carbocycles. The van der Waals surface area contributed by atoms with Crippen molar-refractivity contribution in [3.05, 3.63) is 24.0 Å². The van der Waals surface area contributed by atoms with Crippen LogP contribution in [0.4, 0.5) is 0 Å². The predicted molar refractivity (Wildman–Crippen MR) is 77.0 cm³/mol. The average molecular weight is 283 g/mol. The monoisotopic (exact) mass is 282 g/mol. The first-order valence-corrected chi connectivity index (χ1v) is 6.78. The van der Waals surface area contributed by atoms with Crippen molar-refractivity contribution in [3.63, 3.8) is 0 Å². The highest BCUT2D eigenvalue weighted by Gasteiger charge is 2.16. The number of rotatable bonds is 6. The van der Waals surface area contributed by atoms with Crippen LogP contribution in [0.5, 0.6) is 5.75 Å². The van der Waals surface area contributed by atoms with Gasteiger partial charge in [0.05, 0.1) is 18.0 Å². The number of hydrogen-bond donors (Lipinski definition) is 0. The summed E-state index contributed by atoms with van der Waals surface area (Å²) >= 11 is 6.23. The van der Waals surface area contributed by atoms with Crippen molar-refractivity contribution in [1.82, 2.24) is 9.55 Å². The molecule has 0 fully saturated rings. The molecule has 1 atom stereocenters. The van der Waals surface area contributed by atoms with E-state index in [2.05, 4.69) is 9.55 Å². The van der Waals surface area contributed by atoms with E-state index in [0.717, 1.165) is 42.2 Å². The molecule has 19 heavy (non-hydrogen) atoms. The summed E-state index contributed by atoms with van der Waals surface area (Å²) in [5.41, 5.74) is 1.92. The summed E-state index contributed by atoms with van der Waals surface area (Å²) in [4.78, 5) is 4.63. The van der Waals surface area contributed by atoms with E-state index in [1.54, 1.807) is 14.2 Å². The minimum absolute atomic E-state index is 0.139. The lowest BCUT2D eigenvalue weighted by atomic mass is 10.3. The molecule has 0 saturated heterocycles. The van der Waals surface area contributed by atoms with Gasteiger partial charge in [-0.3, -0.25) is 0 Å².